The molecule has 0 heterocycles. The summed E-state index contributed by atoms with van der Waals surface area (Å²) < 4.78 is 0. The van der Waals surface area contributed by atoms with Crippen molar-refractivity contribution in [3.05, 3.63) is 0 Å². The van der Waals surface area contributed by atoms with Gasteiger partial charge in [0.15, 0.2) is 0 Å². The van der Waals surface area contributed by atoms with E-state index in [1.807, 2.05) is 0 Å². The summed E-state index contributed by atoms with van der Waals surface area (Å²) in [6.07, 6.45) is 29.3. The summed E-state index contributed by atoms with van der Waals surface area (Å²) in [7, 11) is 0. The zero-order valence-corrected chi connectivity index (χ0v) is 17.3. The molecule has 3 aliphatic rings. The van der Waals surface area contributed by atoms with Gasteiger partial charge in [0.2, 0.25) is 0 Å². The lowest BCUT2D eigenvalue weighted by atomic mass is 9.68. The van der Waals surface area contributed by atoms with Crippen LogP contribution in [0.15, 0.2) is 0 Å². The SMILES string of the molecule is CCC1CCCCC(C2CCCCC2)C(CCC2CCCCC2)CC1. The van der Waals surface area contributed by atoms with E-state index in [2.05, 4.69) is 6.92 Å². The minimum absolute atomic E-state index is 1.04. The Hall–Kier alpha value is 0. The normalized spacial score (nSPS) is 34.2. The molecule has 0 amide bonds. The van der Waals surface area contributed by atoms with Crippen LogP contribution in [0.1, 0.15) is 129 Å². The molecule has 0 aromatic heterocycles. The van der Waals surface area contributed by atoms with Crippen LogP contribution in [0.25, 0.3) is 0 Å². The van der Waals surface area contributed by atoms with Crippen LogP contribution in [-0.4, -0.2) is 0 Å². The summed E-state index contributed by atoms with van der Waals surface area (Å²) in [5.74, 6) is 5.41. The quantitative estimate of drug-likeness (QED) is 0.467. The molecule has 0 aromatic rings. The Labute approximate surface area is 158 Å². The zero-order chi connectivity index (χ0) is 17.3. The second-order valence-electron chi connectivity index (χ2n) is 10.0. The molecule has 0 N–H and O–H groups in total. The van der Waals surface area contributed by atoms with Crippen molar-refractivity contribution in [2.45, 2.75) is 129 Å². The van der Waals surface area contributed by atoms with Crippen molar-refractivity contribution in [3.8, 4) is 0 Å². The van der Waals surface area contributed by atoms with Crippen LogP contribution in [0.3, 0.4) is 0 Å². The maximum atomic E-state index is 2.44. The molecule has 0 spiro atoms. The fraction of sp³-hybridized carbons (Fsp3) is 1.00. The predicted molar refractivity (Wildman–Crippen MR) is 111 cm³/mol. The molecule has 0 aromatic carbocycles. The Bertz CT molecular complexity index is 334. The lowest BCUT2D eigenvalue weighted by Gasteiger charge is -2.37. The molecule has 0 radical (unpaired) electrons. The number of rotatable bonds is 5. The van der Waals surface area contributed by atoms with Gasteiger partial charge in [-0.2, -0.15) is 0 Å². The van der Waals surface area contributed by atoms with Crippen molar-refractivity contribution in [2.24, 2.45) is 29.6 Å². The highest BCUT2D eigenvalue weighted by atomic mass is 14.4. The number of hydrogen-bond acceptors (Lipinski definition) is 0. The minimum atomic E-state index is 1.04. The molecule has 0 saturated heterocycles. The van der Waals surface area contributed by atoms with E-state index in [0.29, 0.717) is 0 Å². The predicted octanol–water partition coefficient (Wildman–Crippen LogP) is 8.54. The van der Waals surface area contributed by atoms with Gasteiger partial charge in [0.05, 0.1) is 0 Å². The second kappa shape index (κ2) is 11.0. The van der Waals surface area contributed by atoms with E-state index < -0.39 is 0 Å². The van der Waals surface area contributed by atoms with E-state index in [9.17, 15) is 0 Å². The van der Waals surface area contributed by atoms with Gasteiger partial charge < -0.3 is 0 Å². The van der Waals surface area contributed by atoms with Crippen LogP contribution in [-0.2, 0) is 0 Å². The van der Waals surface area contributed by atoms with Gasteiger partial charge >= 0.3 is 0 Å². The van der Waals surface area contributed by atoms with Crippen LogP contribution < -0.4 is 0 Å². The molecule has 3 unspecified atom stereocenters. The van der Waals surface area contributed by atoms with E-state index >= 15 is 0 Å². The Kier molecular flexibility index (Phi) is 8.68. The Morgan fingerprint density at radius 2 is 1.12 bits per heavy atom. The summed E-state index contributed by atoms with van der Waals surface area (Å²) in [4.78, 5) is 0. The maximum Gasteiger partial charge on any atom is -0.0357 e. The topological polar surface area (TPSA) is 0 Å². The number of hydrogen-bond donors (Lipinski definition) is 0. The van der Waals surface area contributed by atoms with Crippen molar-refractivity contribution >= 4 is 0 Å². The Morgan fingerprint density at radius 3 is 1.84 bits per heavy atom. The van der Waals surface area contributed by atoms with Gasteiger partial charge in [-0.1, -0.05) is 110 Å². The fourth-order valence-corrected chi connectivity index (χ4v) is 6.73. The first-order chi connectivity index (χ1) is 12.4. The van der Waals surface area contributed by atoms with Crippen molar-refractivity contribution < 1.29 is 0 Å². The van der Waals surface area contributed by atoms with Crippen molar-refractivity contribution in [1.29, 1.82) is 0 Å². The molecule has 0 heteroatoms. The van der Waals surface area contributed by atoms with Gasteiger partial charge in [0.1, 0.15) is 0 Å². The fourth-order valence-electron chi connectivity index (χ4n) is 6.73. The largest absolute Gasteiger partial charge is 0.0651 e. The molecular formula is C25H46. The van der Waals surface area contributed by atoms with E-state index in [4.69, 9.17) is 0 Å². The second-order valence-corrected chi connectivity index (χ2v) is 10.0. The van der Waals surface area contributed by atoms with Crippen LogP contribution >= 0.6 is 0 Å². The molecule has 3 aliphatic carbocycles. The first kappa shape index (κ1) is 19.8. The standard InChI is InChI=1S/C25H46/c1-2-21-11-9-10-16-25(23-14-7-4-8-15-23)24(19-17-21)20-18-22-12-5-3-6-13-22/h21-25H,2-20H2,1H3. The van der Waals surface area contributed by atoms with E-state index in [1.165, 1.54) is 64.2 Å². The van der Waals surface area contributed by atoms with Gasteiger partial charge in [-0.05, 0) is 48.9 Å². The van der Waals surface area contributed by atoms with Gasteiger partial charge in [-0.25, -0.2) is 0 Å². The maximum absolute atomic E-state index is 2.44. The molecule has 0 aliphatic heterocycles. The Balaban J connectivity index is 1.61. The summed E-state index contributed by atoms with van der Waals surface area (Å²) in [5.41, 5.74) is 0. The molecule has 0 nitrogen and oxygen atoms in total. The van der Waals surface area contributed by atoms with Crippen molar-refractivity contribution in [2.75, 3.05) is 0 Å². The van der Waals surface area contributed by atoms with E-state index in [1.54, 1.807) is 57.8 Å². The van der Waals surface area contributed by atoms with Gasteiger partial charge in [-0.3, -0.25) is 0 Å². The third kappa shape index (κ3) is 6.28. The molecule has 146 valence electrons. The van der Waals surface area contributed by atoms with Crippen LogP contribution in [0.5, 0.6) is 0 Å². The highest BCUT2D eigenvalue weighted by molar-refractivity contribution is 4.83. The summed E-state index contributed by atoms with van der Waals surface area (Å²) in [6.45, 7) is 2.44. The third-order valence-electron chi connectivity index (χ3n) is 8.45. The van der Waals surface area contributed by atoms with E-state index in [-0.39, 0.29) is 0 Å². The lowest BCUT2D eigenvalue weighted by Crippen LogP contribution is -2.26. The summed E-state index contributed by atoms with van der Waals surface area (Å²) in [5, 5.41) is 0. The molecule has 25 heavy (non-hydrogen) atoms. The van der Waals surface area contributed by atoms with Crippen LogP contribution in [0, 0.1) is 29.6 Å². The highest BCUT2D eigenvalue weighted by Crippen LogP contribution is 2.43. The molecule has 3 saturated carbocycles. The molecular weight excluding hydrogens is 300 g/mol. The summed E-state index contributed by atoms with van der Waals surface area (Å²) in [6, 6.07) is 0. The van der Waals surface area contributed by atoms with Gasteiger partial charge in [-0.15, -0.1) is 0 Å². The average molecular weight is 347 g/mol. The first-order valence-electron chi connectivity index (χ1n) is 12.4. The average Bonchev–Trinajstić information content (AvgIpc) is 2.78. The molecule has 0 bridgehead atoms. The zero-order valence-electron chi connectivity index (χ0n) is 17.3. The third-order valence-corrected chi connectivity index (χ3v) is 8.45. The lowest BCUT2D eigenvalue weighted by molar-refractivity contribution is 0.138. The molecule has 3 fully saturated rings. The van der Waals surface area contributed by atoms with Gasteiger partial charge in [0.25, 0.3) is 0 Å². The summed E-state index contributed by atoms with van der Waals surface area (Å²) >= 11 is 0. The first-order valence-corrected chi connectivity index (χ1v) is 12.4. The monoisotopic (exact) mass is 346 g/mol. The Morgan fingerprint density at radius 1 is 0.520 bits per heavy atom. The van der Waals surface area contributed by atoms with Crippen molar-refractivity contribution in [3.63, 3.8) is 0 Å². The minimum Gasteiger partial charge on any atom is -0.0651 e. The van der Waals surface area contributed by atoms with E-state index in [0.717, 1.165) is 29.6 Å². The molecule has 3 rings (SSSR count). The highest BCUT2D eigenvalue weighted by Gasteiger charge is 2.31. The van der Waals surface area contributed by atoms with Gasteiger partial charge in [0, 0.05) is 0 Å². The molecule has 3 atom stereocenters. The van der Waals surface area contributed by atoms with Crippen molar-refractivity contribution in [1.82, 2.24) is 0 Å². The smallest absolute Gasteiger partial charge is 0.0357 e. The van der Waals surface area contributed by atoms with Crippen LogP contribution in [0.2, 0.25) is 0 Å². The van der Waals surface area contributed by atoms with Crippen LogP contribution in [0.4, 0.5) is 0 Å².